The van der Waals surface area contributed by atoms with Crippen LogP contribution in [0.15, 0.2) is 6.33 Å². The maximum Gasteiger partial charge on any atom is 0.242 e. The van der Waals surface area contributed by atoms with Crippen molar-refractivity contribution in [3.8, 4) is 5.88 Å². The molecule has 1 rings (SSSR count). The molecule has 3 N–H and O–H groups in total. The van der Waals surface area contributed by atoms with Crippen molar-refractivity contribution in [1.82, 2.24) is 9.97 Å². The van der Waals surface area contributed by atoms with Crippen LogP contribution in [0.2, 0.25) is 0 Å². The summed E-state index contributed by atoms with van der Waals surface area (Å²) < 4.78 is 5.06. The van der Waals surface area contributed by atoms with E-state index in [0.717, 1.165) is 12.3 Å². The van der Waals surface area contributed by atoms with Gasteiger partial charge in [-0.25, -0.2) is 4.98 Å². The Kier molecular flexibility index (Phi) is 5.68. The van der Waals surface area contributed by atoms with Crippen LogP contribution in [0.5, 0.6) is 5.88 Å². The summed E-state index contributed by atoms with van der Waals surface area (Å²) in [7, 11) is 1.55. The molecule has 102 valence electrons. The molecule has 1 aromatic heterocycles. The van der Waals surface area contributed by atoms with Crippen molar-refractivity contribution in [2.24, 2.45) is 5.92 Å². The third-order valence-corrected chi connectivity index (χ3v) is 2.84. The highest BCUT2D eigenvalue weighted by Gasteiger charge is 2.10. The van der Waals surface area contributed by atoms with Gasteiger partial charge < -0.3 is 15.8 Å². The number of nitrogens with two attached hydrogens (primary N) is 1. The monoisotopic (exact) mass is 252 g/mol. The van der Waals surface area contributed by atoms with E-state index in [1.165, 1.54) is 19.2 Å². The van der Waals surface area contributed by atoms with Crippen molar-refractivity contribution in [2.75, 3.05) is 18.2 Å². The van der Waals surface area contributed by atoms with E-state index in [9.17, 15) is 0 Å². The molecule has 0 spiro atoms. The van der Waals surface area contributed by atoms with Crippen molar-refractivity contribution in [3.63, 3.8) is 0 Å². The summed E-state index contributed by atoms with van der Waals surface area (Å²) >= 11 is 0. The summed E-state index contributed by atoms with van der Waals surface area (Å²) in [5, 5.41) is 3.30. The van der Waals surface area contributed by atoms with Crippen LogP contribution in [0.3, 0.4) is 0 Å². The first-order valence-corrected chi connectivity index (χ1v) is 6.45. The number of hydrogen-bond acceptors (Lipinski definition) is 5. The van der Waals surface area contributed by atoms with Gasteiger partial charge in [-0.2, -0.15) is 4.98 Å². The molecule has 0 saturated heterocycles. The average molecular weight is 252 g/mol. The van der Waals surface area contributed by atoms with Gasteiger partial charge in [0.25, 0.3) is 0 Å². The Morgan fingerprint density at radius 1 is 1.28 bits per heavy atom. The quantitative estimate of drug-likeness (QED) is 0.780. The van der Waals surface area contributed by atoms with Gasteiger partial charge in [-0.1, -0.05) is 26.7 Å². The number of nitrogen functional groups attached to an aromatic ring is 1. The molecule has 1 unspecified atom stereocenters. The van der Waals surface area contributed by atoms with Gasteiger partial charge in [0.1, 0.15) is 12.0 Å². The van der Waals surface area contributed by atoms with Gasteiger partial charge in [0.05, 0.1) is 7.11 Å². The summed E-state index contributed by atoms with van der Waals surface area (Å²) in [4.78, 5) is 8.09. The number of methoxy groups -OCH3 is 1. The summed E-state index contributed by atoms with van der Waals surface area (Å²) in [6.07, 6.45) is 5.00. The minimum atomic E-state index is 0.339. The van der Waals surface area contributed by atoms with Crippen molar-refractivity contribution < 1.29 is 4.74 Å². The maximum atomic E-state index is 5.91. The largest absolute Gasteiger partial charge is 0.479 e. The first-order valence-electron chi connectivity index (χ1n) is 6.45. The van der Waals surface area contributed by atoms with Crippen LogP contribution in [0.25, 0.3) is 0 Å². The first kappa shape index (κ1) is 14.5. The minimum Gasteiger partial charge on any atom is -0.479 e. The second-order valence-corrected chi connectivity index (χ2v) is 5.02. The van der Waals surface area contributed by atoms with Gasteiger partial charge in [0.2, 0.25) is 5.88 Å². The Morgan fingerprint density at radius 3 is 2.61 bits per heavy atom. The lowest BCUT2D eigenvalue weighted by atomic mass is 10.0. The van der Waals surface area contributed by atoms with Crippen LogP contribution < -0.4 is 15.8 Å². The number of ether oxygens (including phenoxy) is 1. The molecular weight excluding hydrogens is 228 g/mol. The van der Waals surface area contributed by atoms with Gasteiger partial charge in [-0.3, -0.25) is 0 Å². The Morgan fingerprint density at radius 2 is 2.00 bits per heavy atom. The molecule has 1 heterocycles. The number of rotatable bonds is 7. The van der Waals surface area contributed by atoms with E-state index in [1.54, 1.807) is 7.11 Å². The third-order valence-electron chi connectivity index (χ3n) is 2.84. The number of anilines is 2. The standard InChI is InChI=1S/C13H24N4O/c1-9(2)6-5-7-10(3)17-12-11(14)13(18-4)16-8-15-12/h8-10H,5-7,14H2,1-4H3,(H,15,16,17). The number of nitrogens with zero attached hydrogens (tertiary/aromatic N) is 2. The second-order valence-electron chi connectivity index (χ2n) is 5.02. The molecule has 1 atom stereocenters. The van der Waals surface area contributed by atoms with E-state index in [2.05, 4.69) is 36.1 Å². The molecule has 0 radical (unpaired) electrons. The Balaban J connectivity index is 2.51. The highest BCUT2D eigenvalue weighted by Crippen LogP contribution is 2.25. The number of aromatic nitrogens is 2. The summed E-state index contributed by atoms with van der Waals surface area (Å²) in [5.74, 6) is 1.82. The Labute approximate surface area is 109 Å². The van der Waals surface area contributed by atoms with Crippen LogP contribution in [-0.4, -0.2) is 23.1 Å². The van der Waals surface area contributed by atoms with E-state index in [-0.39, 0.29) is 0 Å². The van der Waals surface area contributed by atoms with Crippen molar-refractivity contribution >= 4 is 11.5 Å². The zero-order chi connectivity index (χ0) is 13.5. The van der Waals surface area contributed by atoms with Crippen molar-refractivity contribution in [1.29, 1.82) is 0 Å². The molecule has 0 saturated carbocycles. The highest BCUT2D eigenvalue weighted by molar-refractivity contribution is 5.66. The van der Waals surface area contributed by atoms with Crippen LogP contribution in [0.1, 0.15) is 40.0 Å². The molecule has 0 aromatic carbocycles. The molecule has 0 bridgehead atoms. The van der Waals surface area contributed by atoms with E-state index >= 15 is 0 Å². The molecule has 1 aromatic rings. The zero-order valence-corrected chi connectivity index (χ0v) is 11.7. The van der Waals surface area contributed by atoms with E-state index < -0.39 is 0 Å². The van der Waals surface area contributed by atoms with Crippen LogP contribution in [0.4, 0.5) is 11.5 Å². The van der Waals surface area contributed by atoms with E-state index in [1.807, 2.05) is 0 Å². The molecule has 0 aliphatic rings. The summed E-state index contributed by atoms with van der Waals surface area (Å²) in [6.45, 7) is 6.62. The highest BCUT2D eigenvalue weighted by atomic mass is 16.5. The Hall–Kier alpha value is -1.52. The molecule has 0 aliphatic carbocycles. The van der Waals surface area contributed by atoms with Crippen LogP contribution in [0, 0.1) is 5.92 Å². The third kappa shape index (κ3) is 4.39. The fourth-order valence-corrected chi connectivity index (χ4v) is 1.79. The van der Waals surface area contributed by atoms with Gasteiger partial charge in [-0.05, 0) is 19.3 Å². The lowest BCUT2D eigenvalue weighted by Crippen LogP contribution is -2.17. The summed E-state index contributed by atoms with van der Waals surface area (Å²) in [6, 6.07) is 0.339. The number of hydrogen-bond donors (Lipinski definition) is 2. The van der Waals surface area contributed by atoms with Gasteiger partial charge in [0.15, 0.2) is 5.82 Å². The predicted molar refractivity (Wildman–Crippen MR) is 74.8 cm³/mol. The lowest BCUT2D eigenvalue weighted by Gasteiger charge is -2.16. The van der Waals surface area contributed by atoms with E-state index in [0.29, 0.717) is 23.4 Å². The van der Waals surface area contributed by atoms with Crippen LogP contribution in [-0.2, 0) is 0 Å². The van der Waals surface area contributed by atoms with Crippen molar-refractivity contribution in [2.45, 2.75) is 46.1 Å². The number of nitrogens with one attached hydrogen (secondary N) is 1. The fraction of sp³-hybridized carbons (Fsp3) is 0.692. The lowest BCUT2D eigenvalue weighted by molar-refractivity contribution is 0.399. The van der Waals surface area contributed by atoms with Gasteiger partial charge in [-0.15, -0.1) is 0 Å². The molecule has 5 nitrogen and oxygen atoms in total. The topological polar surface area (TPSA) is 73.1 Å². The average Bonchev–Trinajstić information content (AvgIpc) is 2.31. The van der Waals surface area contributed by atoms with Crippen LogP contribution >= 0.6 is 0 Å². The molecule has 0 fully saturated rings. The normalized spacial score (nSPS) is 12.5. The van der Waals surface area contributed by atoms with Crippen molar-refractivity contribution in [3.05, 3.63) is 6.33 Å². The van der Waals surface area contributed by atoms with E-state index in [4.69, 9.17) is 10.5 Å². The molecule has 5 heteroatoms. The maximum absolute atomic E-state index is 5.91. The zero-order valence-electron chi connectivity index (χ0n) is 11.7. The van der Waals surface area contributed by atoms with Gasteiger partial charge >= 0.3 is 0 Å². The Bertz CT molecular complexity index is 368. The SMILES string of the molecule is COc1ncnc(NC(C)CCCC(C)C)c1N. The second kappa shape index (κ2) is 7.03. The smallest absolute Gasteiger partial charge is 0.242 e. The first-order chi connectivity index (χ1) is 8.54. The molecule has 18 heavy (non-hydrogen) atoms. The summed E-state index contributed by atoms with van der Waals surface area (Å²) in [5.41, 5.74) is 6.37. The fourth-order valence-electron chi connectivity index (χ4n) is 1.79. The molecular formula is C13H24N4O. The minimum absolute atomic E-state index is 0.339. The molecule has 0 aliphatic heterocycles. The predicted octanol–water partition coefficient (Wildman–Crippen LogP) is 2.69. The molecule has 0 amide bonds. The van der Waals surface area contributed by atoms with Gasteiger partial charge in [0, 0.05) is 6.04 Å².